The van der Waals surface area contributed by atoms with Gasteiger partial charge in [-0.1, -0.05) is 6.07 Å². The van der Waals surface area contributed by atoms with Gasteiger partial charge in [0.1, 0.15) is 28.7 Å². The lowest BCUT2D eigenvalue weighted by atomic mass is 10.2. The number of hydrogen-bond donors (Lipinski definition) is 2. The fourth-order valence-electron chi connectivity index (χ4n) is 2.87. The van der Waals surface area contributed by atoms with Crippen molar-refractivity contribution < 1.29 is 13.6 Å². The molecule has 9 heteroatoms. The average molecular weight is 394 g/mol. The number of fused-ring (bicyclic) bond motifs is 1. The summed E-state index contributed by atoms with van der Waals surface area (Å²) in [6.45, 7) is 0.407. The zero-order valence-electron chi connectivity index (χ0n) is 15.1. The van der Waals surface area contributed by atoms with Crippen LogP contribution < -0.4 is 10.6 Å². The molecule has 1 aromatic carbocycles. The van der Waals surface area contributed by atoms with Crippen LogP contribution in [0.5, 0.6) is 0 Å². The summed E-state index contributed by atoms with van der Waals surface area (Å²) >= 11 is 0. The molecule has 1 amide bonds. The Morgan fingerprint density at radius 2 is 1.79 bits per heavy atom. The highest BCUT2D eigenvalue weighted by atomic mass is 19.1. The molecule has 0 aliphatic heterocycles. The predicted molar refractivity (Wildman–Crippen MR) is 104 cm³/mol. The van der Waals surface area contributed by atoms with E-state index in [-0.39, 0.29) is 13.1 Å². The molecular formula is C20H16F2N6O. The van der Waals surface area contributed by atoms with Crippen LogP contribution in [-0.4, -0.2) is 38.5 Å². The summed E-state index contributed by atoms with van der Waals surface area (Å²) in [6, 6.07) is 10.8. The van der Waals surface area contributed by atoms with Crippen molar-refractivity contribution in [1.29, 1.82) is 0 Å². The summed E-state index contributed by atoms with van der Waals surface area (Å²) in [5.41, 5.74) is 0.175. The molecule has 146 valence electrons. The summed E-state index contributed by atoms with van der Waals surface area (Å²) in [4.78, 5) is 24.9. The van der Waals surface area contributed by atoms with Crippen LogP contribution >= 0.6 is 0 Å². The zero-order valence-corrected chi connectivity index (χ0v) is 15.1. The maximum Gasteiger partial charge on any atom is 0.257 e. The van der Waals surface area contributed by atoms with E-state index in [0.717, 1.165) is 23.2 Å². The summed E-state index contributed by atoms with van der Waals surface area (Å²) in [7, 11) is 0. The minimum Gasteiger partial charge on any atom is -0.352 e. The standard InChI is InChI=1S/C20H16F2N6O/c21-14-4-1-5-15(22)17(14)19(29)24-10-11-26-20-25-9-6-16(27-20)28-12-7-13-3-2-8-23-18(13)28/h1-9,12H,10-11H2,(H,24,29)(H,25,26,27). The third-order valence-corrected chi connectivity index (χ3v) is 4.22. The first-order valence-corrected chi connectivity index (χ1v) is 8.85. The Hall–Kier alpha value is -3.88. The SMILES string of the molecule is O=C(NCCNc1nccc(-n2ccc3cccnc32)n1)c1c(F)cccc1F. The lowest BCUT2D eigenvalue weighted by Gasteiger charge is -2.09. The van der Waals surface area contributed by atoms with Crippen LogP contribution in [0.2, 0.25) is 0 Å². The summed E-state index contributed by atoms with van der Waals surface area (Å²) in [5, 5.41) is 6.43. The van der Waals surface area contributed by atoms with Crippen molar-refractivity contribution >= 4 is 22.9 Å². The molecule has 3 aromatic heterocycles. The van der Waals surface area contributed by atoms with Gasteiger partial charge in [0.2, 0.25) is 5.95 Å². The zero-order chi connectivity index (χ0) is 20.2. The molecule has 0 atom stereocenters. The molecule has 0 aliphatic rings. The molecule has 0 saturated carbocycles. The van der Waals surface area contributed by atoms with Gasteiger partial charge in [0, 0.05) is 37.1 Å². The van der Waals surface area contributed by atoms with Crippen LogP contribution in [0.4, 0.5) is 14.7 Å². The van der Waals surface area contributed by atoms with E-state index in [4.69, 9.17) is 0 Å². The van der Waals surface area contributed by atoms with Crippen molar-refractivity contribution in [1.82, 2.24) is 24.8 Å². The molecule has 0 spiro atoms. The molecule has 7 nitrogen and oxygen atoms in total. The smallest absolute Gasteiger partial charge is 0.257 e. The van der Waals surface area contributed by atoms with E-state index in [1.807, 2.05) is 29.0 Å². The first kappa shape index (κ1) is 18.5. The summed E-state index contributed by atoms with van der Waals surface area (Å²) in [6.07, 6.45) is 5.18. The highest BCUT2D eigenvalue weighted by molar-refractivity contribution is 5.94. The maximum atomic E-state index is 13.6. The van der Waals surface area contributed by atoms with Crippen molar-refractivity contribution in [3.8, 4) is 5.82 Å². The molecule has 0 bridgehead atoms. The van der Waals surface area contributed by atoms with Gasteiger partial charge in [-0.05, 0) is 36.4 Å². The normalized spacial score (nSPS) is 10.8. The molecule has 0 aliphatic carbocycles. The number of nitrogens with zero attached hydrogens (tertiary/aromatic N) is 4. The predicted octanol–water partition coefficient (Wildman–Crippen LogP) is 2.94. The first-order valence-electron chi connectivity index (χ1n) is 8.85. The summed E-state index contributed by atoms with van der Waals surface area (Å²) in [5.74, 6) is -1.64. The van der Waals surface area contributed by atoms with Gasteiger partial charge >= 0.3 is 0 Å². The quantitative estimate of drug-likeness (QED) is 0.491. The molecule has 0 fully saturated rings. The average Bonchev–Trinajstić information content (AvgIpc) is 3.15. The van der Waals surface area contributed by atoms with Crippen LogP contribution in [0.15, 0.2) is 61.1 Å². The number of amides is 1. The van der Waals surface area contributed by atoms with Crippen LogP contribution in [-0.2, 0) is 0 Å². The van der Waals surface area contributed by atoms with Crippen LogP contribution in [0.3, 0.4) is 0 Å². The second-order valence-electron chi connectivity index (χ2n) is 6.12. The van der Waals surface area contributed by atoms with Gasteiger partial charge in [0.15, 0.2) is 0 Å². The Kier molecular flexibility index (Phi) is 5.10. The van der Waals surface area contributed by atoms with E-state index in [2.05, 4.69) is 25.6 Å². The molecule has 3 heterocycles. The number of benzene rings is 1. The number of halogens is 2. The third-order valence-electron chi connectivity index (χ3n) is 4.22. The van der Waals surface area contributed by atoms with Crippen LogP contribution in [0.25, 0.3) is 16.9 Å². The monoisotopic (exact) mass is 394 g/mol. The van der Waals surface area contributed by atoms with Crippen LogP contribution in [0, 0.1) is 11.6 Å². The molecular weight excluding hydrogens is 378 g/mol. The molecule has 0 unspecified atom stereocenters. The highest BCUT2D eigenvalue weighted by Crippen LogP contribution is 2.17. The number of carbonyl (C=O) groups is 1. The maximum absolute atomic E-state index is 13.6. The molecule has 4 aromatic rings. The molecule has 0 radical (unpaired) electrons. The summed E-state index contributed by atoms with van der Waals surface area (Å²) < 4.78 is 29.1. The van der Waals surface area contributed by atoms with Gasteiger partial charge in [-0.2, -0.15) is 4.98 Å². The Labute approximate surface area is 164 Å². The van der Waals surface area contributed by atoms with Gasteiger partial charge in [-0.25, -0.2) is 18.7 Å². The van der Waals surface area contributed by atoms with Gasteiger partial charge in [-0.3, -0.25) is 9.36 Å². The minimum atomic E-state index is -0.904. The van der Waals surface area contributed by atoms with Crippen molar-refractivity contribution in [3.63, 3.8) is 0 Å². The minimum absolute atomic E-state index is 0.133. The van der Waals surface area contributed by atoms with E-state index in [1.54, 1.807) is 18.5 Å². The molecule has 0 saturated heterocycles. The van der Waals surface area contributed by atoms with E-state index in [9.17, 15) is 13.6 Å². The molecule has 2 N–H and O–H groups in total. The number of pyridine rings is 1. The number of aromatic nitrogens is 4. The number of anilines is 1. The molecule has 4 rings (SSSR count). The van der Waals surface area contributed by atoms with Crippen molar-refractivity contribution in [2.45, 2.75) is 0 Å². The van der Waals surface area contributed by atoms with E-state index >= 15 is 0 Å². The lowest BCUT2D eigenvalue weighted by molar-refractivity contribution is 0.0946. The lowest BCUT2D eigenvalue weighted by Crippen LogP contribution is -2.30. The van der Waals surface area contributed by atoms with Crippen LogP contribution in [0.1, 0.15) is 10.4 Å². The number of carbonyl (C=O) groups excluding carboxylic acids is 1. The topological polar surface area (TPSA) is 84.7 Å². The van der Waals surface area contributed by atoms with E-state index < -0.39 is 23.1 Å². The second kappa shape index (κ2) is 8.01. The van der Waals surface area contributed by atoms with E-state index in [1.165, 1.54) is 6.07 Å². The Morgan fingerprint density at radius 1 is 0.966 bits per heavy atom. The highest BCUT2D eigenvalue weighted by Gasteiger charge is 2.16. The Balaban J connectivity index is 1.39. The Morgan fingerprint density at radius 3 is 2.62 bits per heavy atom. The Bertz CT molecular complexity index is 1160. The second-order valence-corrected chi connectivity index (χ2v) is 6.12. The fraction of sp³-hybridized carbons (Fsp3) is 0.100. The first-order chi connectivity index (χ1) is 14.1. The van der Waals surface area contributed by atoms with Gasteiger partial charge in [-0.15, -0.1) is 0 Å². The third kappa shape index (κ3) is 3.88. The van der Waals surface area contributed by atoms with Gasteiger partial charge < -0.3 is 10.6 Å². The van der Waals surface area contributed by atoms with Crippen molar-refractivity contribution in [3.05, 3.63) is 78.3 Å². The van der Waals surface area contributed by atoms with Crippen molar-refractivity contribution in [2.75, 3.05) is 18.4 Å². The van der Waals surface area contributed by atoms with Crippen molar-refractivity contribution in [2.24, 2.45) is 0 Å². The molecule has 29 heavy (non-hydrogen) atoms. The largest absolute Gasteiger partial charge is 0.352 e. The van der Waals surface area contributed by atoms with E-state index in [0.29, 0.717) is 11.8 Å². The number of hydrogen-bond acceptors (Lipinski definition) is 5. The number of rotatable bonds is 6. The van der Waals surface area contributed by atoms with Gasteiger partial charge in [0.25, 0.3) is 5.91 Å². The fourth-order valence-corrected chi connectivity index (χ4v) is 2.87. The number of nitrogens with one attached hydrogen (secondary N) is 2. The van der Waals surface area contributed by atoms with Gasteiger partial charge in [0.05, 0.1) is 0 Å².